The third-order valence-corrected chi connectivity index (χ3v) is 9.34. The summed E-state index contributed by atoms with van der Waals surface area (Å²) < 4.78 is 0. The van der Waals surface area contributed by atoms with E-state index in [1.165, 1.54) is 42.8 Å². The second kappa shape index (κ2) is 8.81. The third kappa shape index (κ3) is 3.91. The molecule has 3 aromatic heterocycles. The van der Waals surface area contributed by atoms with E-state index in [2.05, 4.69) is 41.3 Å². The number of nitrogens with one attached hydrogen (secondary N) is 2. The van der Waals surface area contributed by atoms with Crippen molar-refractivity contribution in [2.24, 2.45) is 5.92 Å². The minimum atomic E-state index is -0.347. The van der Waals surface area contributed by atoms with Gasteiger partial charge in [-0.25, -0.2) is 9.97 Å². The summed E-state index contributed by atoms with van der Waals surface area (Å²) in [5, 5.41) is 24.0. The number of hydrogen-bond acceptors (Lipinski definition) is 8. The molecule has 3 aliphatic rings. The van der Waals surface area contributed by atoms with Gasteiger partial charge in [-0.05, 0) is 69.0 Å². The van der Waals surface area contributed by atoms with Crippen molar-refractivity contribution in [3.05, 3.63) is 41.2 Å². The number of hydrogen-bond donors (Lipinski definition) is 3. The molecule has 35 heavy (non-hydrogen) atoms. The molecule has 1 aliphatic carbocycles. The minimum Gasteiger partial charge on any atom is -0.378 e. The Morgan fingerprint density at radius 3 is 2.91 bits per heavy atom. The second-order valence-electron chi connectivity index (χ2n) is 10.3. The van der Waals surface area contributed by atoms with Gasteiger partial charge in [-0.3, -0.25) is 14.9 Å². The van der Waals surface area contributed by atoms with E-state index < -0.39 is 0 Å². The fraction of sp³-hybridized carbons (Fsp3) is 0.500. The van der Waals surface area contributed by atoms with Crippen molar-refractivity contribution < 1.29 is 5.11 Å². The van der Waals surface area contributed by atoms with Crippen molar-refractivity contribution >= 4 is 44.0 Å². The zero-order chi connectivity index (χ0) is 23.4. The highest BCUT2D eigenvalue weighted by molar-refractivity contribution is 7.19. The van der Waals surface area contributed by atoms with Crippen LogP contribution in [0.25, 0.3) is 21.1 Å². The topological polar surface area (TPSA) is 93.2 Å². The fourth-order valence-electron chi connectivity index (χ4n) is 6.16. The molecule has 2 saturated heterocycles. The van der Waals surface area contributed by atoms with Gasteiger partial charge in [-0.15, -0.1) is 11.3 Å². The van der Waals surface area contributed by atoms with Crippen molar-refractivity contribution in [2.75, 3.05) is 31.5 Å². The number of aliphatic hydroxyl groups excluding tert-OH is 1. The van der Waals surface area contributed by atoms with E-state index in [9.17, 15) is 5.11 Å². The number of aliphatic hydroxyl groups is 1. The van der Waals surface area contributed by atoms with Gasteiger partial charge < -0.3 is 10.4 Å². The van der Waals surface area contributed by atoms with E-state index in [-0.39, 0.29) is 12.1 Å². The number of aryl methyl sites for hydroxylation is 1. The number of rotatable bonds is 5. The van der Waals surface area contributed by atoms with Crippen LogP contribution in [0.5, 0.6) is 0 Å². The number of thiophene rings is 1. The maximum Gasteiger partial charge on any atom is 0.142 e. The predicted molar refractivity (Wildman–Crippen MR) is 139 cm³/mol. The van der Waals surface area contributed by atoms with Crippen LogP contribution in [-0.4, -0.2) is 73.5 Å². The van der Waals surface area contributed by atoms with Gasteiger partial charge in [0.25, 0.3) is 0 Å². The summed E-state index contributed by atoms with van der Waals surface area (Å²) >= 11 is 1.77. The average molecular weight is 490 g/mol. The number of anilines is 2. The van der Waals surface area contributed by atoms with Crippen molar-refractivity contribution in [1.29, 1.82) is 0 Å². The van der Waals surface area contributed by atoms with Crippen LogP contribution >= 0.6 is 11.3 Å². The zero-order valence-corrected chi connectivity index (χ0v) is 20.6. The monoisotopic (exact) mass is 489 g/mol. The maximum absolute atomic E-state index is 11.2. The molecular weight excluding hydrogens is 458 g/mol. The van der Waals surface area contributed by atoms with Gasteiger partial charge in [0, 0.05) is 41.0 Å². The largest absolute Gasteiger partial charge is 0.378 e. The standard InChI is InChI=1S/C26H31N7OS/c34-26(33-13-19(14-33)32-8-2-1-3-9-32)16-4-6-20-22(11-16)35-25-23(20)24(27-15-28-25)30-18-5-7-21-17(10-18)12-29-31-21/h5,7,10,12,15-16,19,26,34H,1-4,6,8-9,11,13-14H2,(H,29,31)(H,27,28,30)/t16-,26?/m0/s1. The van der Waals surface area contributed by atoms with Gasteiger partial charge >= 0.3 is 0 Å². The number of aromatic nitrogens is 4. The Hall–Kier alpha value is -2.59. The maximum atomic E-state index is 11.2. The van der Waals surface area contributed by atoms with Crippen molar-refractivity contribution in [3.63, 3.8) is 0 Å². The van der Waals surface area contributed by atoms with Gasteiger partial charge in [-0.1, -0.05) is 6.42 Å². The Morgan fingerprint density at radius 1 is 1.14 bits per heavy atom. The zero-order valence-electron chi connectivity index (χ0n) is 19.8. The Balaban J connectivity index is 1.08. The molecule has 0 spiro atoms. The lowest BCUT2D eigenvalue weighted by atomic mass is 9.85. The van der Waals surface area contributed by atoms with Crippen LogP contribution < -0.4 is 5.32 Å². The summed E-state index contributed by atoms with van der Waals surface area (Å²) in [4.78, 5) is 16.5. The van der Waals surface area contributed by atoms with Crippen molar-refractivity contribution in [3.8, 4) is 0 Å². The minimum absolute atomic E-state index is 0.283. The molecule has 5 heterocycles. The number of likely N-dealkylation sites (tertiary alicyclic amines) is 2. The van der Waals surface area contributed by atoms with Gasteiger partial charge in [0.2, 0.25) is 0 Å². The van der Waals surface area contributed by atoms with E-state index in [0.29, 0.717) is 6.04 Å². The summed E-state index contributed by atoms with van der Waals surface area (Å²) in [5.74, 6) is 1.15. The first-order valence-electron chi connectivity index (χ1n) is 12.8. The second-order valence-corrected chi connectivity index (χ2v) is 11.4. The summed E-state index contributed by atoms with van der Waals surface area (Å²) in [6.07, 6.45) is 10.0. The Kier molecular flexibility index (Phi) is 5.46. The van der Waals surface area contributed by atoms with Crippen LogP contribution in [0.15, 0.2) is 30.7 Å². The molecule has 2 aliphatic heterocycles. The fourth-order valence-corrected chi connectivity index (χ4v) is 7.44. The first-order valence-corrected chi connectivity index (χ1v) is 13.7. The van der Waals surface area contributed by atoms with Crippen molar-refractivity contribution in [2.45, 2.75) is 50.8 Å². The smallest absolute Gasteiger partial charge is 0.142 e. The van der Waals surface area contributed by atoms with E-state index in [4.69, 9.17) is 0 Å². The van der Waals surface area contributed by atoms with Crippen LogP contribution in [0, 0.1) is 5.92 Å². The Bertz CT molecular complexity index is 1350. The summed E-state index contributed by atoms with van der Waals surface area (Å²) in [5.41, 5.74) is 3.37. The molecule has 3 N–H and O–H groups in total. The normalized spacial score (nSPS) is 22.8. The number of H-pyrrole nitrogens is 1. The average Bonchev–Trinajstić information content (AvgIpc) is 3.47. The lowest BCUT2D eigenvalue weighted by molar-refractivity contribution is -0.111. The molecule has 0 amide bonds. The van der Waals surface area contributed by atoms with Crippen LogP contribution in [-0.2, 0) is 12.8 Å². The van der Waals surface area contributed by atoms with Gasteiger partial charge in [0.15, 0.2) is 0 Å². The molecule has 2 atom stereocenters. The summed E-state index contributed by atoms with van der Waals surface area (Å²) in [6, 6.07) is 6.80. The molecule has 1 unspecified atom stereocenters. The molecule has 9 heteroatoms. The molecule has 0 radical (unpaired) electrons. The van der Waals surface area contributed by atoms with Crippen molar-refractivity contribution in [1.82, 2.24) is 30.0 Å². The molecule has 182 valence electrons. The van der Waals surface area contributed by atoms with Crippen LogP contribution in [0.2, 0.25) is 0 Å². The van der Waals surface area contributed by atoms with E-state index in [1.54, 1.807) is 17.7 Å². The molecule has 1 aromatic carbocycles. The molecule has 2 fully saturated rings. The number of fused-ring (bicyclic) bond motifs is 4. The molecule has 0 saturated carbocycles. The molecule has 0 bridgehead atoms. The van der Waals surface area contributed by atoms with Crippen LogP contribution in [0.4, 0.5) is 11.5 Å². The molecule has 7 rings (SSSR count). The van der Waals surface area contributed by atoms with E-state index in [1.807, 2.05) is 18.3 Å². The van der Waals surface area contributed by atoms with Gasteiger partial charge in [0.1, 0.15) is 23.2 Å². The lowest BCUT2D eigenvalue weighted by Gasteiger charge is -2.50. The highest BCUT2D eigenvalue weighted by atomic mass is 32.1. The first-order chi connectivity index (χ1) is 17.2. The summed E-state index contributed by atoms with van der Waals surface area (Å²) in [6.45, 7) is 4.49. The number of aromatic amines is 1. The predicted octanol–water partition coefficient (Wildman–Crippen LogP) is 3.90. The highest BCUT2D eigenvalue weighted by Gasteiger charge is 2.39. The number of piperidine rings is 1. The highest BCUT2D eigenvalue weighted by Crippen LogP contribution is 2.42. The summed E-state index contributed by atoms with van der Waals surface area (Å²) in [7, 11) is 0. The number of nitrogens with zero attached hydrogens (tertiary/aromatic N) is 5. The van der Waals surface area contributed by atoms with E-state index in [0.717, 1.165) is 65.0 Å². The first kappa shape index (κ1) is 21.7. The number of benzene rings is 1. The van der Waals surface area contributed by atoms with E-state index >= 15 is 0 Å². The quantitative estimate of drug-likeness (QED) is 0.391. The molecular formula is C26H31N7OS. The van der Waals surface area contributed by atoms with Gasteiger partial charge in [0.05, 0.1) is 17.1 Å². The molecule has 8 nitrogen and oxygen atoms in total. The SMILES string of the molecule is OC([C@H]1CCc2c(sc3ncnc(Nc4ccc5[nH]ncc5c4)c23)C1)N1CC(N2CCCCC2)C1. The van der Waals surface area contributed by atoms with Crippen LogP contribution in [0.1, 0.15) is 36.1 Å². The lowest BCUT2D eigenvalue weighted by Crippen LogP contribution is -2.64. The Labute approximate surface area is 208 Å². The third-order valence-electron chi connectivity index (χ3n) is 8.18. The van der Waals surface area contributed by atoms with Crippen LogP contribution in [0.3, 0.4) is 0 Å². The van der Waals surface area contributed by atoms with Gasteiger partial charge in [-0.2, -0.15) is 5.10 Å². The Morgan fingerprint density at radius 2 is 2.03 bits per heavy atom. The molecule has 4 aromatic rings.